The summed E-state index contributed by atoms with van der Waals surface area (Å²) < 4.78 is 5.78. The summed E-state index contributed by atoms with van der Waals surface area (Å²) in [5, 5.41) is 13.5. The maximum atomic E-state index is 10.5. The highest BCUT2D eigenvalue weighted by atomic mass is 32.1. The number of aromatic nitrogens is 2. The molecule has 2 heterocycles. The minimum Gasteiger partial charge on any atom is -0.476 e. The monoisotopic (exact) mass is 298 g/mol. The molecule has 0 saturated carbocycles. The highest BCUT2D eigenvalue weighted by Crippen LogP contribution is 2.20. The normalized spacial score (nSPS) is 10.3. The van der Waals surface area contributed by atoms with Crippen LogP contribution in [0.5, 0.6) is 0 Å². The van der Waals surface area contributed by atoms with Crippen LogP contribution in [-0.2, 0) is 0 Å². The number of carbonyl (C=O) groups is 1. The minimum absolute atomic E-state index is 0.149. The van der Waals surface area contributed by atoms with Gasteiger partial charge in [0.15, 0.2) is 5.58 Å². The summed E-state index contributed by atoms with van der Waals surface area (Å²) in [6.07, 6.45) is 1.70. The molecule has 1 N–H and O–H groups in total. The molecule has 4 rings (SSSR count). The van der Waals surface area contributed by atoms with Crippen molar-refractivity contribution in [3.05, 3.63) is 59.7 Å². The molecular weight excluding hydrogens is 288 g/mol. The van der Waals surface area contributed by atoms with Crippen molar-refractivity contribution in [2.24, 2.45) is 0 Å². The number of fused-ring (bicyclic) bond motifs is 2. The van der Waals surface area contributed by atoms with Gasteiger partial charge in [0.1, 0.15) is 0 Å². The average Bonchev–Trinajstić information content (AvgIpc) is 3.14. The van der Waals surface area contributed by atoms with E-state index < -0.39 is 5.97 Å². The molecule has 0 fully saturated rings. The van der Waals surface area contributed by atoms with Crippen LogP contribution in [0.25, 0.3) is 21.2 Å². The summed E-state index contributed by atoms with van der Waals surface area (Å²) in [7, 11) is 0. The third-order valence-electron chi connectivity index (χ3n) is 2.74. The van der Waals surface area contributed by atoms with Crippen LogP contribution in [0.15, 0.2) is 59.3 Å². The Balaban J connectivity index is 0.000000131. The molecule has 0 amide bonds. The summed E-state index contributed by atoms with van der Waals surface area (Å²) >= 11 is 1.19. The zero-order chi connectivity index (χ0) is 14.7. The molecular formula is C15H10N2O3S. The maximum Gasteiger partial charge on any atom is 0.365 e. The molecule has 21 heavy (non-hydrogen) atoms. The van der Waals surface area contributed by atoms with E-state index in [0.29, 0.717) is 0 Å². The van der Waals surface area contributed by atoms with Crippen molar-refractivity contribution in [2.75, 3.05) is 0 Å². The first kappa shape index (κ1) is 13.3. The molecule has 0 radical (unpaired) electrons. The number of hydrogen-bond donors (Lipinski definition) is 1. The smallest absolute Gasteiger partial charge is 0.365 e. The van der Waals surface area contributed by atoms with Gasteiger partial charge in [0.25, 0.3) is 0 Å². The first-order valence-electron chi connectivity index (χ1n) is 6.12. The number of nitrogens with zero attached hydrogens (tertiary/aromatic N) is 2. The van der Waals surface area contributed by atoms with Gasteiger partial charge in [-0.15, -0.1) is 11.3 Å². The predicted molar refractivity (Wildman–Crippen MR) is 80.6 cm³/mol. The van der Waals surface area contributed by atoms with Gasteiger partial charge in [0.05, 0.1) is 16.4 Å². The number of thiazole rings is 1. The lowest BCUT2D eigenvalue weighted by Crippen LogP contribution is -1.93. The van der Waals surface area contributed by atoms with E-state index in [-0.39, 0.29) is 5.01 Å². The first-order valence-corrected chi connectivity index (χ1v) is 6.94. The van der Waals surface area contributed by atoms with Gasteiger partial charge in [-0.2, -0.15) is 0 Å². The van der Waals surface area contributed by atoms with E-state index in [1.54, 1.807) is 12.3 Å². The average molecular weight is 298 g/mol. The Hall–Kier alpha value is -2.73. The molecule has 0 aliphatic carbocycles. The van der Waals surface area contributed by atoms with Gasteiger partial charge in [0.2, 0.25) is 5.01 Å². The lowest BCUT2D eigenvalue weighted by molar-refractivity contribution is 0.0696. The molecule has 2 aromatic carbocycles. The van der Waals surface area contributed by atoms with Crippen LogP contribution >= 0.6 is 11.3 Å². The molecule has 2 aromatic heterocycles. The van der Waals surface area contributed by atoms with Crippen molar-refractivity contribution in [3.63, 3.8) is 0 Å². The molecule has 104 valence electrons. The quantitative estimate of drug-likeness (QED) is 0.578. The van der Waals surface area contributed by atoms with E-state index in [0.717, 1.165) is 21.2 Å². The number of aromatic carboxylic acids is 1. The minimum atomic E-state index is -0.962. The fourth-order valence-corrected chi connectivity index (χ4v) is 2.58. The number of carboxylic acid groups (broad SMARTS) is 1. The second-order valence-corrected chi connectivity index (χ2v) is 5.19. The van der Waals surface area contributed by atoms with Gasteiger partial charge in [-0.25, -0.2) is 9.78 Å². The number of hydrogen-bond acceptors (Lipinski definition) is 5. The van der Waals surface area contributed by atoms with Gasteiger partial charge in [-0.3, -0.25) is 0 Å². The zero-order valence-corrected chi connectivity index (χ0v) is 11.6. The van der Waals surface area contributed by atoms with Crippen LogP contribution in [0.2, 0.25) is 0 Å². The Labute approximate surface area is 123 Å². The summed E-state index contributed by atoms with van der Waals surface area (Å²) in [6.45, 7) is 0. The molecule has 0 aliphatic rings. The largest absolute Gasteiger partial charge is 0.476 e. The summed E-state index contributed by atoms with van der Waals surface area (Å²) in [4.78, 5) is 14.4. The van der Waals surface area contributed by atoms with Gasteiger partial charge in [-0.05, 0) is 24.3 Å². The third-order valence-corrected chi connectivity index (χ3v) is 3.76. The Morgan fingerprint density at radius 3 is 2.62 bits per heavy atom. The van der Waals surface area contributed by atoms with Crippen molar-refractivity contribution in [1.82, 2.24) is 10.1 Å². The number of para-hydroxylation sites is 2. The Bertz CT molecular complexity index is 835. The van der Waals surface area contributed by atoms with E-state index in [1.165, 1.54) is 11.3 Å². The lowest BCUT2D eigenvalue weighted by Gasteiger charge is -1.80. The molecule has 0 unspecified atom stereocenters. The van der Waals surface area contributed by atoms with Crippen molar-refractivity contribution in [1.29, 1.82) is 0 Å². The topological polar surface area (TPSA) is 76.2 Å². The van der Waals surface area contributed by atoms with Crippen LogP contribution in [0.4, 0.5) is 0 Å². The Morgan fingerprint density at radius 2 is 1.86 bits per heavy atom. The first-order chi connectivity index (χ1) is 10.2. The molecule has 0 atom stereocenters. The fourth-order valence-electron chi connectivity index (χ4n) is 1.77. The molecule has 0 bridgehead atoms. The van der Waals surface area contributed by atoms with Crippen molar-refractivity contribution < 1.29 is 14.4 Å². The van der Waals surface area contributed by atoms with Gasteiger partial charge < -0.3 is 9.63 Å². The Morgan fingerprint density at radius 1 is 1.10 bits per heavy atom. The third kappa shape index (κ3) is 2.90. The van der Waals surface area contributed by atoms with E-state index >= 15 is 0 Å². The molecule has 4 aromatic rings. The summed E-state index contributed by atoms with van der Waals surface area (Å²) in [6, 6.07) is 15.1. The van der Waals surface area contributed by atoms with E-state index in [9.17, 15) is 4.79 Å². The number of carboxylic acids is 1. The second-order valence-electron chi connectivity index (χ2n) is 4.16. The number of benzene rings is 2. The Kier molecular flexibility index (Phi) is 3.61. The second kappa shape index (κ2) is 5.72. The van der Waals surface area contributed by atoms with Crippen LogP contribution in [-0.4, -0.2) is 21.2 Å². The molecule has 5 nitrogen and oxygen atoms in total. The molecule has 0 aliphatic heterocycles. The molecule has 6 heteroatoms. The standard InChI is InChI=1S/C8H5NO2S.C7H5NO/c10-8(11)7-9-5-3-1-2-4-6(5)12-7;1-2-4-7-6(3-1)5-8-9-7/h1-4H,(H,10,11);1-5H. The summed E-state index contributed by atoms with van der Waals surface area (Å²) in [5.41, 5.74) is 1.59. The van der Waals surface area contributed by atoms with Gasteiger partial charge in [-0.1, -0.05) is 29.4 Å². The molecule has 0 saturated heterocycles. The zero-order valence-electron chi connectivity index (χ0n) is 10.8. The molecule has 0 spiro atoms. The number of rotatable bonds is 1. The van der Waals surface area contributed by atoms with Crippen molar-refractivity contribution in [2.45, 2.75) is 0 Å². The van der Waals surface area contributed by atoms with E-state index in [2.05, 4.69) is 10.1 Å². The van der Waals surface area contributed by atoms with Crippen LogP contribution < -0.4 is 0 Å². The SMILES string of the molecule is O=C(O)c1nc2ccccc2s1.c1ccc2oncc2c1. The van der Waals surface area contributed by atoms with E-state index in [1.807, 2.05) is 42.5 Å². The van der Waals surface area contributed by atoms with Crippen LogP contribution in [0.1, 0.15) is 9.80 Å². The van der Waals surface area contributed by atoms with Gasteiger partial charge >= 0.3 is 5.97 Å². The highest BCUT2D eigenvalue weighted by molar-refractivity contribution is 7.20. The highest BCUT2D eigenvalue weighted by Gasteiger charge is 2.08. The van der Waals surface area contributed by atoms with Crippen molar-refractivity contribution >= 4 is 38.5 Å². The van der Waals surface area contributed by atoms with E-state index in [4.69, 9.17) is 9.63 Å². The predicted octanol–water partition coefficient (Wildman–Crippen LogP) is 3.82. The summed E-state index contributed by atoms with van der Waals surface area (Å²) in [5.74, 6) is -0.962. The maximum absolute atomic E-state index is 10.5. The fraction of sp³-hybridized carbons (Fsp3) is 0. The van der Waals surface area contributed by atoms with Crippen LogP contribution in [0, 0.1) is 0 Å². The van der Waals surface area contributed by atoms with Crippen molar-refractivity contribution in [3.8, 4) is 0 Å². The van der Waals surface area contributed by atoms with Crippen LogP contribution in [0.3, 0.4) is 0 Å². The lowest BCUT2D eigenvalue weighted by atomic mass is 10.3. The van der Waals surface area contributed by atoms with Gasteiger partial charge in [0, 0.05) is 5.39 Å².